The van der Waals surface area contributed by atoms with E-state index >= 15 is 0 Å². The summed E-state index contributed by atoms with van der Waals surface area (Å²) in [6, 6.07) is 10.5. The summed E-state index contributed by atoms with van der Waals surface area (Å²) in [5.41, 5.74) is 1.76. The highest BCUT2D eigenvalue weighted by Crippen LogP contribution is 2.32. The Morgan fingerprint density at radius 2 is 1.92 bits per heavy atom. The molecule has 5 nitrogen and oxygen atoms in total. The SMILES string of the molecule is Cc1nn(CC(=O)NC(C)C)c2nc(-c3ccccc3)cc(C(F)F)c12. The molecule has 0 atom stereocenters. The molecule has 26 heavy (non-hydrogen) atoms. The molecule has 0 unspecified atom stereocenters. The van der Waals surface area contributed by atoms with E-state index in [-0.39, 0.29) is 29.7 Å². The molecule has 1 amide bonds. The molecule has 1 N–H and O–H groups in total. The van der Waals surface area contributed by atoms with Crippen LogP contribution in [0.3, 0.4) is 0 Å². The average molecular weight is 358 g/mol. The Labute approximate surface area is 150 Å². The van der Waals surface area contributed by atoms with E-state index in [0.29, 0.717) is 16.8 Å². The minimum absolute atomic E-state index is 0.0186. The maximum Gasteiger partial charge on any atom is 0.264 e. The Morgan fingerprint density at radius 3 is 2.54 bits per heavy atom. The number of alkyl halides is 2. The molecule has 0 saturated heterocycles. The van der Waals surface area contributed by atoms with Crippen molar-refractivity contribution in [3.8, 4) is 11.3 Å². The van der Waals surface area contributed by atoms with Crippen LogP contribution >= 0.6 is 0 Å². The van der Waals surface area contributed by atoms with E-state index in [1.807, 2.05) is 44.2 Å². The number of hydrogen-bond acceptors (Lipinski definition) is 3. The van der Waals surface area contributed by atoms with Crippen LogP contribution in [0, 0.1) is 6.92 Å². The number of aromatic nitrogens is 3. The molecule has 0 aliphatic rings. The zero-order chi connectivity index (χ0) is 18.8. The molecule has 136 valence electrons. The molecule has 0 radical (unpaired) electrons. The largest absolute Gasteiger partial charge is 0.352 e. The van der Waals surface area contributed by atoms with Crippen molar-refractivity contribution in [1.82, 2.24) is 20.1 Å². The monoisotopic (exact) mass is 358 g/mol. The lowest BCUT2D eigenvalue weighted by Gasteiger charge is -2.10. The molecule has 0 spiro atoms. The van der Waals surface area contributed by atoms with Gasteiger partial charge in [0.2, 0.25) is 5.91 Å². The number of benzene rings is 1. The van der Waals surface area contributed by atoms with E-state index in [2.05, 4.69) is 15.4 Å². The normalized spacial score (nSPS) is 11.5. The Hall–Kier alpha value is -2.83. The first-order valence-electron chi connectivity index (χ1n) is 8.37. The quantitative estimate of drug-likeness (QED) is 0.753. The summed E-state index contributed by atoms with van der Waals surface area (Å²) in [5.74, 6) is -0.241. The molecule has 3 aromatic rings. The molecule has 2 heterocycles. The first-order chi connectivity index (χ1) is 12.4. The number of aryl methyl sites for hydroxylation is 1. The maximum absolute atomic E-state index is 13.7. The van der Waals surface area contributed by atoms with Crippen molar-refractivity contribution < 1.29 is 13.6 Å². The summed E-state index contributed by atoms with van der Waals surface area (Å²) >= 11 is 0. The number of amides is 1. The van der Waals surface area contributed by atoms with Crippen molar-refractivity contribution in [1.29, 1.82) is 0 Å². The van der Waals surface area contributed by atoms with Gasteiger partial charge in [-0.1, -0.05) is 30.3 Å². The predicted octanol–water partition coefficient (Wildman–Crippen LogP) is 3.87. The van der Waals surface area contributed by atoms with Gasteiger partial charge in [0.1, 0.15) is 6.54 Å². The summed E-state index contributed by atoms with van der Waals surface area (Å²) in [4.78, 5) is 16.6. The lowest BCUT2D eigenvalue weighted by atomic mass is 10.1. The second-order valence-electron chi connectivity index (χ2n) is 6.43. The number of halogens is 2. The Balaban J connectivity index is 2.15. The van der Waals surface area contributed by atoms with Crippen LogP contribution < -0.4 is 5.32 Å². The van der Waals surface area contributed by atoms with Crippen LogP contribution in [0.5, 0.6) is 0 Å². The molecular formula is C19H20F2N4O. The number of nitrogens with one attached hydrogen (secondary N) is 1. The second kappa shape index (κ2) is 7.19. The van der Waals surface area contributed by atoms with Crippen LogP contribution in [0.15, 0.2) is 36.4 Å². The van der Waals surface area contributed by atoms with Gasteiger partial charge in [0.25, 0.3) is 6.43 Å². The molecular weight excluding hydrogens is 338 g/mol. The third-order valence-corrected chi connectivity index (χ3v) is 3.96. The van der Waals surface area contributed by atoms with Crippen LogP contribution in [-0.2, 0) is 11.3 Å². The molecule has 0 aliphatic heterocycles. The van der Waals surface area contributed by atoms with Crippen LogP contribution in [0.1, 0.15) is 31.5 Å². The second-order valence-corrected chi connectivity index (χ2v) is 6.43. The zero-order valence-corrected chi connectivity index (χ0v) is 14.8. The predicted molar refractivity (Wildman–Crippen MR) is 95.9 cm³/mol. The number of fused-ring (bicyclic) bond motifs is 1. The van der Waals surface area contributed by atoms with Gasteiger partial charge in [0, 0.05) is 17.2 Å². The van der Waals surface area contributed by atoms with Gasteiger partial charge in [0.15, 0.2) is 5.65 Å². The molecule has 0 fully saturated rings. The van der Waals surface area contributed by atoms with Gasteiger partial charge < -0.3 is 5.32 Å². The number of rotatable bonds is 5. The molecule has 1 aromatic carbocycles. The molecule has 3 rings (SSSR count). The Morgan fingerprint density at radius 1 is 1.23 bits per heavy atom. The van der Waals surface area contributed by atoms with Gasteiger partial charge in [0.05, 0.1) is 16.8 Å². The van der Waals surface area contributed by atoms with Crippen molar-refractivity contribution in [3.63, 3.8) is 0 Å². The van der Waals surface area contributed by atoms with Crippen LogP contribution in [0.2, 0.25) is 0 Å². The first-order valence-corrected chi connectivity index (χ1v) is 8.37. The summed E-state index contributed by atoms with van der Waals surface area (Å²) in [7, 11) is 0. The topological polar surface area (TPSA) is 59.8 Å². The first kappa shape index (κ1) is 18.0. The Kier molecular flexibility index (Phi) is 4.97. The van der Waals surface area contributed by atoms with Gasteiger partial charge in [-0.05, 0) is 26.8 Å². The lowest BCUT2D eigenvalue weighted by molar-refractivity contribution is -0.122. The van der Waals surface area contributed by atoms with Crippen LogP contribution in [0.25, 0.3) is 22.3 Å². The molecule has 0 aliphatic carbocycles. The fourth-order valence-electron chi connectivity index (χ4n) is 2.93. The van der Waals surface area contributed by atoms with Crippen molar-refractivity contribution in [2.24, 2.45) is 0 Å². The third-order valence-electron chi connectivity index (χ3n) is 3.96. The summed E-state index contributed by atoms with van der Waals surface area (Å²) in [5, 5.41) is 7.35. The number of carbonyl (C=O) groups is 1. The van der Waals surface area contributed by atoms with Crippen molar-refractivity contribution in [3.05, 3.63) is 47.7 Å². The van der Waals surface area contributed by atoms with Gasteiger partial charge >= 0.3 is 0 Å². The minimum Gasteiger partial charge on any atom is -0.352 e. The smallest absolute Gasteiger partial charge is 0.264 e. The van der Waals surface area contributed by atoms with Crippen molar-refractivity contribution in [2.45, 2.75) is 39.8 Å². The van der Waals surface area contributed by atoms with Crippen molar-refractivity contribution in [2.75, 3.05) is 0 Å². The number of pyridine rings is 1. The molecule has 2 aromatic heterocycles. The highest BCUT2D eigenvalue weighted by atomic mass is 19.3. The fraction of sp³-hybridized carbons (Fsp3) is 0.316. The van der Waals surface area contributed by atoms with Crippen molar-refractivity contribution >= 4 is 16.9 Å². The summed E-state index contributed by atoms with van der Waals surface area (Å²) in [6.07, 6.45) is -2.66. The fourth-order valence-corrected chi connectivity index (χ4v) is 2.93. The third kappa shape index (κ3) is 3.56. The van der Waals surface area contributed by atoms with Gasteiger partial charge in [-0.2, -0.15) is 5.10 Å². The lowest BCUT2D eigenvalue weighted by Crippen LogP contribution is -2.33. The minimum atomic E-state index is -2.66. The zero-order valence-electron chi connectivity index (χ0n) is 14.8. The van der Waals surface area contributed by atoms with Crippen LogP contribution in [0.4, 0.5) is 8.78 Å². The summed E-state index contributed by atoms with van der Waals surface area (Å²) < 4.78 is 28.7. The number of nitrogens with zero attached hydrogens (tertiary/aromatic N) is 3. The average Bonchev–Trinajstić information content (AvgIpc) is 2.90. The van der Waals surface area contributed by atoms with E-state index in [4.69, 9.17) is 0 Å². The van der Waals surface area contributed by atoms with Gasteiger partial charge in [-0.3, -0.25) is 4.79 Å². The van der Waals surface area contributed by atoms with E-state index in [0.717, 1.165) is 5.56 Å². The molecule has 0 bridgehead atoms. The highest BCUT2D eigenvalue weighted by molar-refractivity contribution is 5.87. The maximum atomic E-state index is 13.7. The Bertz CT molecular complexity index is 936. The highest BCUT2D eigenvalue weighted by Gasteiger charge is 2.22. The van der Waals surface area contributed by atoms with Gasteiger partial charge in [-0.25, -0.2) is 18.4 Å². The van der Waals surface area contributed by atoms with Crippen LogP contribution in [-0.4, -0.2) is 26.7 Å². The van der Waals surface area contributed by atoms with E-state index in [1.54, 1.807) is 6.92 Å². The number of hydrogen-bond donors (Lipinski definition) is 1. The molecule has 0 saturated carbocycles. The van der Waals surface area contributed by atoms with E-state index in [9.17, 15) is 13.6 Å². The standard InChI is InChI=1S/C19H20F2N4O/c1-11(2)22-16(26)10-25-19-17(12(3)24-25)14(18(20)21)9-15(23-19)13-7-5-4-6-8-13/h4-9,11,18H,10H2,1-3H3,(H,22,26). The molecule has 7 heteroatoms. The van der Waals surface area contributed by atoms with E-state index in [1.165, 1.54) is 10.7 Å². The number of carbonyl (C=O) groups excluding carboxylic acids is 1. The van der Waals surface area contributed by atoms with E-state index < -0.39 is 6.43 Å². The summed E-state index contributed by atoms with van der Waals surface area (Å²) in [6.45, 7) is 5.28. The van der Waals surface area contributed by atoms with Gasteiger partial charge in [-0.15, -0.1) is 0 Å².